The summed E-state index contributed by atoms with van der Waals surface area (Å²) in [5, 5.41) is 9.29. The van der Waals surface area contributed by atoms with Crippen LogP contribution < -0.4 is 10.5 Å². The maximum absolute atomic E-state index is 13.5. The van der Waals surface area contributed by atoms with Crippen molar-refractivity contribution in [3.63, 3.8) is 0 Å². The number of aliphatic hydroxyl groups excluding tert-OH is 1. The minimum atomic E-state index is -0.562. The Morgan fingerprint density at radius 3 is 2.69 bits per heavy atom. The molecule has 4 heteroatoms. The maximum atomic E-state index is 13.5. The lowest BCUT2D eigenvalue weighted by Gasteiger charge is -2.12. The Hall–Kier alpha value is -1.13. The van der Waals surface area contributed by atoms with E-state index in [4.69, 9.17) is 10.5 Å². The Labute approximate surface area is 95.0 Å². The molecule has 3 nitrogen and oxygen atoms in total. The number of benzene rings is 1. The first kappa shape index (κ1) is 12.9. The zero-order valence-corrected chi connectivity index (χ0v) is 9.61. The number of nitrogens with two attached hydrogens (primary N) is 1. The van der Waals surface area contributed by atoms with E-state index in [1.54, 1.807) is 13.0 Å². The van der Waals surface area contributed by atoms with Crippen LogP contribution in [0.1, 0.15) is 31.9 Å². The highest BCUT2D eigenvalue weighted by atomic mass is 19.1. The van der Waals surface area contributed by atoms with Crippen molar-refractivity contribution >= 4 is 0 Å². The lowest BCUT2D eigenvalue weighted by molar-refractivity contribution is 0.102. The number of hydrogen-bond acceptors (Lipinski definition) is 3. The van der Waals surface area contributed by atoms with Crippen molar-refractivity contribution in [2.45, 2.75) is 32.4 Å². The summed E-state index contributed by atoms with van der Waals surface area (Å²) in [5.74, 6) is -0.296. The van der Waals surface area contributed by atoms with Crippen LogP contribution in [-0.2, 0) is 0 Å². The molecule has 0 radical (unpaired) electrons. The molecule has 0 aliphatic carbocycles. The van der Waals surface area contributed by atoms with E-state index in [-0.39, 0.29) is 18.4 Å². The van der Waals surface area contributed by atoms with Crippen LogP contribution >= 0.6 is 0 Å². The average Bonchev–Trinajstić information content (AvgIpc) is 2.26. The molecule has 0 saturated carbocycles. The molecule has 2 atom stereocenters. The highest BCUT2D eigenvalue weighted by Gasteiger charge is 2.09. The number of halogens is 1. The second-order valence-corrected chi connectivity index (χ2v) is 3.85. The Balaban J connectivity index is 2.68. The van der Waals surface area contributed by atoms with Gasteiger partial charge in [-0.1, -0.05) is 13.0 Å². The molecular weight excluding hydrogens is 209 g/mol. The third-order valence-corrected chi connectivity index (χ3v) is 2.38. The van der Waals surface area contributed by atoms with E-state index in [9.17, 15) is 9.50 Å². The first-order valence-electron chi connectivity index (χ1n) is 5.40. The zero-order chi connectivity index (χ0) is 12.1. The van der Waals surface area contributed by atoms with Gasteiger partial charge < -0.3 is 15.6 Å². The monoisotopic (exact) mass is 227 g/mol. The Bertz CT molecular complexity index is 342. The van der Waals surface area contributed by atoms with Crippen LogP contribution in [-0.4, -0.2) is 17.8 Å². The van der Waals surface area contributed by atoms with Crippen LogP contribution in [0, 0.1) is 5.82 Å². The molecule has 0 heterocycles. The predicted octanol–water partition coefficient (Wildman–Crippen LogP) is 2.00. The molecule has 0 bridgehead atoms. The molecule has 1 rings (SSSR count). The van der Waals surface area contributed by atoms with Crippen LogP contribution in [0.25, 0.3) is 0 Å². The minimum Gasteiger partial charge on any atom is -0.488 e. The van der Waals surface area contributed by atoms with Gasteiger partial charge in [-0.25, -0.2) is 4.39 Å². The third kappa shape index (κ3) is 3.47. The van der Waals surface area contributed by atoms with Crippen molar-refractivity contribution in [3.8, 4) is 5.75 Å². The molecule has 1 aromatic carbocycles. The van der Waals surface area contributed by atoms with Crippen LogP contribution in [0.3, 0.4) is 0 Å². The maximum Gasteiger partial charge on any atom is 0.165 e. The molecule has 0 saturated heterocycles. The van der Waals surface area contributed by atoms with E-state index in [0.29, 0.717) is 6.42 Å². The van der Waals surface area contributed by atoms with Gasteiger partial charge in [-0.15, -0.1) is 0 Å². The quantitative estimate of drug-likeness (QED) is 0.808. The second-order valence-electron chi connectivity index (χ2n) is 3.85. The molecule has 0 spiro atoms. The highest BCUT2D eigenvalue weighted by molar-refractivity contribution is 5.30. The molecule has 90 valence electrons. The molecule has 2 unspecified atom stereocenters. The summed E-state index contributed by atoms with van der Waals surface area (Å²) in [5.41, 5.74) is 6.35. The zero-order valence-electron chi connectivity index (χ0n) is 9.61. The van der Waals surface area contributed by atoms with Gasteiger partial charge in [-0.2, -0.15) is 0 Å². The van der Waals surface area contributed by atoms with Gasteiger partial charge in [0.1, 0.15) is 6.61 Å². The molecule has 0 aliphatic rings. The number of aliphatic hydroxyl groups is 1. The smallest absolute Gasteiger partial charge is 0.165 e. The van der Waals surface area contributed by atoms with Crippen molar-refractivity contribution in [1.82, 2.24) is 0 Å². The Kier molecular flexibility index (Phi) is 4.71. The topological polar surface area (TPSA) is 55.5 Å². The van der Waals surface area contributed by atoms with E-state index in [1.165, 1.54) is 12.1 Å². The number of hydrogen-bond donors (Lipinski definition) is 2. The van der Waals surface area contributed by atoms with Gasteiger partial charge in [-0.05, 0) is 31.0 Å². The third-order valence-electron chi connectivity index (χ3n) is 2.38. The normalized spacial score (nSPS) is 14.6. The fourth-order valence-electron chi connectivity index (χ4n) is 1.22. The summed E-state index contributed by atoms with van der Waals surface area (Å²) in [6, 6.07) is 4.42. The molecule has 0 aliphatic heterocycles. The van der Waals surface area contributed by atoms with Crippen LogP contribution in [0.15, 0.2) is 18.2 Å². The molecular formula is C12H18FNO2. The van der Waals surface area contributed by atoms with Crippen LogP contribution in [0.5, 0.6) is 5.75 Å². The first-order valence-corrected chi connectivity index (χ1v) is 5.40. The van der Waals surface area contributed by atoms with Gasteiger partial charge in [-0.3, -0.25) is 0 Å². The van der Waals surface area contributed by atoms with Gasteiger partial charge in [0.2, 0.25) is 0 Å². The first-order chi connectivity index (χ1) is 7.54. The summed E-state index contributed by atoms with van der Waals surface area (Å²) in [6.07, 6.45) is 0.0204. The van der Waals surface area contributed by atoms with Crippen LogP contribution in [0.2, 0.25) is 0 Å². The van der Waals surface area contributed by atoms with Gasteiger partial charge in [0.25, 0.3) is 0 Å². The predicted molar refractivity (Wildman–Crippen MR) is 60.8 cm³/mol. The van der Waals surface area contributed by atoms with E-state index < -0.39 is 11.9 Å². The fraction of sp³-hybridized carbons (Fsp3) is 0.500. The molecule has 0 fully saturated rings. The number of rotatable bonds is 5. The van der Waals surface area contributed by atoms with Crippen molar-refractivity contribution in [2.75, 3.05) is 6.61 Å². The summed E-state index contributed by atoms with van der Waals surface area (Å²) in [4.78, 5) is 0. The van der Waals surface area contributed by atoms with E-state index in [2.05, 4.69) is 0 Å². The van der Waals surface area contributed by atoms with E-state index in [1.807, 2.05) is 6.92 Å². The van der Waals surface area contributed by atoms with Crippen molar-refractivity contribution in [3.05, 3.63) is 29.6 Å². The largest absolute Gasteiger partial charge is 0.488 e. The lowest BCUT2D eigenvalue weighted by atomic mass is 10.1. The summed E-state index contributed by atoms with van der Waals surface area (Å²) in [7, 11) is 0. The molecule has 0 aromatic heterocycles. The summed E-state index contributed by atoms with van der Waals surface area (Å²) in [6.45, 7) is 3.73. The Morgan fingerprint density at radius 2 is 2.19 bits per heavy atom. The number of ether oxygens (including phenoxy) is 1. The van der Waals surface area contributed by atoms with Gasteiger partial charge in [0, 0.05) is 6.04 Å². The Morgan fingerprint density at radius 1 is 1.50 bits per heavy atom. The van der Waals surface area contributed by atoms with Crippen molar-refractivity contribution in [2.24, 2.45) is 5.73 Å². The SMILES string of the molecule is CCC(O)COc1ccc(C(C)N)cc1F. The fourth-order valence-corrected chi connectivity index (χ4v) is 1.22. The van der Waals surface area contributed by atoms with Gasteiger partial charge in [0.05, 0.1) is 6.10 Å². The second kappa shape index (κ2) is 5.82. The average molecular weight is 227 g/mol. The molecule has 3 N–H and O–H groups in total. The van der Waals surface area contributed by atoms with E-state index >= 15 is 0 Å². The minimum absolute atomic E-state index is 0.102. The standard InChI is InChI=1S/C12H18FNO2/c1-3-10(15)7-16-12-5-4-9(8(2)14)6-11(12)13/h4-6,8,10,15H,3,7,14H2,1-2H3. The molecule has 1 aromatic rings. The lowest BCUT2D eigenvalue weighted by Crippen LogP contribution is -2.16. The van der Waals surface area contributed by atoms with Gasteiger partial charge >= 0.3 is 0 Å². The van der Waals surface area contributed by atoms with Crippen LogP contribution in [0.4, 0.5) is 4.39 Å². The summed E-state index contributed by atoms with van der Waals surface area (Å²) >= 11 is 0. The summed E-state index contributed by atoms with van der Waals surface area (Å²) < 4.78 is 18.7. The molecule has 16 heavy (non-hydrogen) atoms. The highest BCUT2D eigenvalue weighted by Crippen LogP contribution is 2.21. The van der Waals surface area contributed by atoms with Gasteiger partial charge in [0.15, 0.2) is 11.6 Å². The van der Waals surface area contributed by atoms with Crippen molar-refractivity contribution < 1.29 is 14.2 Å². The van der Waals surface area contributed by atoms with E-state index in [0.717, 1.165) is 5.56 Å². The van der Waals surface area contributed by atoms with Crippen molar-refractivity contribution in [1.29, 1.82) is 0 Å². The molecule has 0 amide bonds.